The highest BCUT2D eigenvalue weighted by atomic mass is 28.4. The second kappa shape index (κ2) is 5.71. The fraction of sp³-hybridized carbons (Fsp3) is 0.833. The van der Waals surface area contributed by atoms with Crippen molar-refractivity contribution in [3.05, 3.63) is 12.7 Å². The van der Waals surface area contributed by atoms with Gasteiger partial charge in [-0.25, -0.2) is 0 Å². The molecule has 0 saturated heterocycles. The van der Waals surface area contributed by atoms with Crippen molar-refractivity contribution in [2.45, 2.75) is 64.8 Å². The third kappa shape index (κ3) is 6.38. The normalized spacial score (nSPS) is 16.4. The van der Waals surface area contributed by atoms with Gasteiger partial charge in [0.05, 0.1) is 5.60 Å². The summed E-state index contributed by atoms with van der Waals surface area (Å²) in [4.78, 5) is 0. The van der Waals surface area contributed by atoms with Gasteiger partial charge < -0.3 is 4.43 Å². The molecule has 0 saturated carbocycles. The van der Waals surface area contributed by atoms with Crippen LogP contribution in [0.5, 0.6) is 0 Å². The molecule has 0 aliphatic rings. The van der Waals surface area contributed by atoms with Crippen molar-refractivity contribution in [2.24, 2.45) is 0 Å². The first-order valence-electron chi connectivity index (χ1n) is 5.56. The number of hydrogen-bond acceptors (Lipinski definition) is 1. The molecule has 1 radical (unpaired) electrons. The standard InChI is InChI=1S/C12H25OSi/c1-7-9-11-12(3,10-8-2)13-14(4,5)6/h2,8H,7,9-11H2,1,3-6H3. The molecule has 2 heteroatoms. The zero-order valence-electron chi connectivity index (χ0n) is 10.4. The van der Waals surface area contributed by atoms with Crippen LogP contribution < -0.4 is 0 Å². The van der Waals surface area contributed by atoms with E-state index in [1.807, 2.05) is 0 Å². The molecule has 0 fully saturated rings. The third-order valence-electron chi connectivity index (χ3n) is 2.16. The molecule has 0 N–H and O–H groups in total. The summed E-state index contributed by atoms with van der Waals surface area (Å²) in [6.45, 7) is 16.6. The van der Waals surface area contributed by atoms with Gasteiger partial charge in [-0.3, -0.25) is 0 Å². The lowest BCUT2D eigenvalue weighted by molar-refractivity contribution is 0.0716. The highest BCUT2D eigenvalue weighted by molar-refractivity contribution is 6.69. The Hall–Kier alpha value is -0.0831. The fourth-order valence-electron chi connectivity index (χ4n) is 1.73. The average molecular weight is 213 g/mol. The first kappa shape index (κ1) is 13.9. The van der Waals surface area contributed by atoms with Crippen LogP contribution in [0, 0.1) is 6.58 Å². The van der Waals surface area contributed by atoms with Crippen molar-refractivity contribution in [3.8, 4) is 0 Å². The number of rotatable bonds is 7. The van der Waals surface area contributed by atoms with Crippen molar-refractivity contribution in [2.75, 3.05) is 0 Å². The van der Waals surface area contributed by atoms with Gasteiger partial charge in [0.15, 0.2) is 8.32 Å². The summed E-state index contributed by atoms with van der Waals surface area (Å²) in [5, 5.41) is 0. The van der Waals surface area contributed by atoms with E-state index in [1.165, 1.54) is 12.8 Å². The molecule has 0 aliphatic carbocycles. The van der Waals surface area contributed by atoms with Gasteiger partial charge in [-0.2, -0.15) is 0 Å². The minimum atomic E-state index is -1.46. The van der Waals surface area contributed by atoms with Gasteiger partial charge in [0.2, 0.25) is 0 Å². The summed E-state index contributed by atoms with van der Waals surface area (Å²) in [5.74, 6) is 0. The van der Waals surface area contributed by atoms with Gasteiger partial charge in [0.25, 0.3) is 0 Å². The molecule has 0 amide bonds. The monoisotopic (exact) mass is 213 g/mol. The van der Waals surface area contributed by atoms with Crippen molar-refractivity contribution in [1.82, 2.24) is 0 Å². The molecule has 0 spiro atoms. The maximum Gasteiger partial charge on any atom is 0.184 e. The maximum absolute atomic E-state index is 6.20. The Balaban J connectivity index is 4.30. The fourth-order valence-corrected chi connectivity index (χ4v) is 3.40. The molecule has 0 aromatic heterocycles. The van der Waals surface area contributed by atoms with Crippen molar-refractivity contribution >= 4 is 8.32 Å². The predicted octanol–water partition coefficient (Wildman–Crippen LogP) is 4.17. The van der Waals surface area contributed by atoms with Gasteiger partial charge >= 0.3 is 0 Å². The minimum Gasteiger partial charge on any atom is -0.412 e. The predicted molar refractivity (Wildman–Crippen MR) is 65.8 cm³/mol. The molecular formula is C12H25OSi. The summed E-state index contributed by atoms with van der Waals surface area (Å²) in [5.41, 5.74) is -0.0325. The molecule has 1 atom stereocenters. The van der Waals surface area contributed by atoms with E-state index in [-0.39, 0.29) is 5.60 Å². The largest absolute Gasteiger partial charge is 0.412 e. The Labute approximate surface area is 90.7 Å². The molecule has 0 aromatic rings. The molecule has 0 rings (SSSR count). The van der Waals surface area contributed by atoms with E-state index in [9.17, 15) is 0 Å². The molecule has 14 heavy (non-hydrogen) atoms. The van der Waals surface area contributed by atoms with Crippen LogP contribution in [0.15, 0.2) is 6.08 Å². The first-order chi connectivity index (χ1) is 6.33. The summed E-state index contributed by atoms with van der Waals surface area (Å²) in [7, 11) is -1.46. The zero-order valence-corrected chi connectivity index (χ0v) is 11.4. The Bertz CT molecular complexity index is 172. The second-order valence-electron chi connectivity index (χ2n) is 5.21. The van der Waals surface area contributed by atoms with Gasteiger partial charge in [-0.1, -0.05) is 32.4 Å². The first-order valence-corrected chi connectivity index (χ1v) is 8.97. The molecule has 83 valence electrons. The van der Waals surface area contributed by atoms with Crippen LogP contribution in [-0.2, 0) is 4.43 Å². The van der Waals surface area contributed by atoms with Crippen molar-refractivity contribution < 1.29 is 4.43 Å². The van der Waals surface area contributed by atoms with Crippen LogP contribution in [-0.4, -0.2) is 13.9 Å². The van der Waals surface area contributed by atoms with E-state index in [4.69, 9.17) is 11.0 Å². The van der Waals surface area contributed by atoms with E-state index in [0.717, 1.165) is 12.8 Å². The topological polar surface area (TPSA) is 9.23 Å². The summed E-state index contributed by atoms with van der Waals surface area (Å²) >= 11 is 0. The summed E-state index contributed by atoms with van der Waals surface area (Å²) < 4.78 is 6.20. The van der Waals surface area contributed by atoms with E-state index < -0.39 is 8.32 Å². The Morgan fingerprint density at radius 1 is 1.36 bits per heavy atom. The van der Waals surface area contributed by atoms with Gasteiger partial charge in [0, 0.05) is 0 Å². The summed E-state index contributed by atoms with van der Waals surface area (Å²) in [6.07, 6.45) is 6.14. The lowest BCUT2D eigenvalue weighted by Crippen LogP contribution is -2.40. The molecular weight excluding hydrogens is 188 g/mol. The lowest BCUT2D eigenvalue weighted by atomic mass is 9.96. The van der Waals surface area contributed by atoms with Crippen LogP contribution in [0.3, 0.4) is 0 Å². The van der Waals surface area contributed by atoms with Gasteiger partial charge in [-0.05, 0) is 39.4 Å². The van der Waals surface area contributed by atoms with E-state index in [0.29, 0.717) is 0 Å². The quantitative estimate of drug-likeness (QED) is 0.577. The Morgan fingerprint density at radius 3 is 2.29 bits per heavy atom. The third-order valence-corrected chi connectivity index (χ3v) is 3.27. The average Bonchev–Trinajstić information content (AvgIpc) is 1.98. The number of unbranched alkanes of at least 4 members (excludes halogenated alkanes) is 1. The van der Waals surface area contributed by atoms with Crippen LogP contribution in [0.4, 0.5) is 0 Å². The lowest BCUT2D eigenvalue weighted by Gasteiger charge is -2.35. The van der Waals surface area contributed by atoms with Crippen LogP contribution >= 0.6 is 0 Å². The molecule has 1 unspecified atom stereocenters. The maximum atomic E-state index is 6.20. The van der Waals surface area contributed by atoms with E-state index in [2.05, 4.69) is 33.5 Å². The van der Waals surface area contributed by atoms with E-state index in [1.54, 1.807) is 6.08 Å². The van der Waals surface area contributed by atoms with Crippen LogP contribution in [0.2, 0.25) is 19.6 Å². The van der Waals surface area contributed by atoms with Crippen molar-refractivity contribution in [3.63, 3.8) is 0 Å². The molecule has 0 heterocycles. The van der Waals surface area contributed by atoms with Crippen molar-refractivity contribution in [1.29, 1.82) is 0 Å². The Morgan fingerprint density at radius 2 is 1.93 bits per heavy atom. The minimum absolute atomic E-state index is 0.0325. The Kier molecular flexibility index (Phi) is 5.68. The highest BCUT2D eigenvalue weighted by Gasteiger charge is 2.29. The van der Waals surface area contributed by atoms with E-state index >= 15 is 0 Å². The molecule has 1 nitrogen and oxygen atoms in total. The summed E-state index contributed by atoms with van der Waals surface area (Å²) in [6, 6.07) is 0. The number of hydrogen-bond donors (Lipinski definition) is 0. The smallest absolute Gasteiger partial charge is 0.184 e. The highest BCUT2D eigenvalue weighted by Crippen LogP contribution is 2.27. The molecule has 0 aromatic carbocycles. The molecule has 0 bridgehead atoms. The SMILES string of the molecule is [CH]=CCC(C)(CCCC)O[Si](C)(C)C. The molecule has 0 aliphatic heterocycles. The van der Waals surface area contributed by atoms with Crippen LogP contribution in [0.1, 0.15) is 39.5 Å². The second-order valence-corrected chi connectivity index (χ2v) is 9.64. The van der Waals surface area contributed by atoms with Gasteiger partial charge in [-0.15, -0.1) is 0 Å². The zero-order chi connectivity index (χ0) is 11.2. The van der Waals surface area contributed by atoms with Crippen LogP contribution in [0.25, 0.3) is 0 Å². The van der Waals surface area contributed by atoms with Gasteiger partial charge in [0.1, 0.15) is 0 Å².